The second kappa shape index (κ2) is 4.23. The van der Waals surface area contributed by atoms with E-state index in [1.54, 1.807) is 16.9 Å². The molecule has 0 aliphatic carbocycles. The minimum absolute atomic E-state index is 0.197. The van der Waals surface area contributed by atoms with Crippen LogP contribution >= 0.6 is 11.3 Å². The van der Waals surface area contributed by atoms with E-state index < -0.39 is 0 Å². The second-order valence-electron chi connectivity index (χ2n) is 3.80. The SMILES string of the molecule is Cc1nc2scnn2c1C(=O)Nc1ccccc1. The number of fused-ring (bicyclic) bond motifs is 1. The van der Waals surface area contributed by atoms with Gasteiger partial charge in [0.05, 0.1) is 5.69 Å². The first-order valence-electron chi connectivity index (χ1n) is 5.41. The minimum atomic E-state index is -0.197. The van der Waals surface area contributed by atoms with Crippen molar-refractivity contribution >= 4 is 27.9 Å². The summed E-state index contributed by atoms with van der Waals surface area (Å²) < 4.78 is 1.57. The molecule has 1 amide bonds. The fraction of sp³-hybridized carbons (Fsp3) is 0.0833. The molecule has 0 aliphatic heterocycles. The lowest BCUT2D eigenvalue weighted by molar-refractivity contribution is 0.102. The van der Waals surface area contributed by atoms with Crippen LogP contribution in [0.4, 0.5) is 5.69 Å². The Morgan fingerprint density at radius 1 is 1.33 bits per heavy atom. The van der Waals surface area contributed by atoms with Gasteiger partial charge in [-0.1, -0.05) is 29.5 Å². The van der Waals surface area contributed by atoms with Gasteiger partial charge >= 0.3 is 0 Å². The number of nitrogens with one attached hydrogen (secondary N) is 1. The summed E-state index contributed by atoms with van der Waals surface area (Å²) in [5.41, 5.74) is 3.59. The van der Waals surface area contributed by atoms with E-state index in [0.29, 0.717) is 11.4 Å². The van der Waals surface area contributed by atoms with Gasteiger partial charge in [0.2, 0.25) is 4.96 Å². The maximum atomic E-state index is 12.2. The molecule has 2 aromatic heterocycles. The fourth-order valence-corrected chi connectivity index (χ4v) is 2.43. The molecule has 0 bridgehead atoms. The second-order valence-corrected chi connectivity index (χ2v) is 4.61. The Labute approximate surface area is 107 Å². The van der Waals surface area contributed by atoms with Crippen LogP contribution in [0.1, 0.15) is 16.2 Å². The first-order chi connectivity index (χ1) is 8.75. The van der Waals surface area contributed by atoms with Crippen LogP contribution in [0.5, 0.6) is 0 Å². The Hall–Kier alpha value is -2.21. The number of nitrogens with zero attached hydrogens (tertiary/aromatic N) is 3. The largest absolute Gasteiger partial charge is 0.321 e. The lowest BCUT2D eigenvalue weighted by Crippen LogP contribution is -2.15. The zero-order valence-electron chi connectivity index (χ0n) is 9.62. The monoisotopic (exact) mass is 258 g/mol. The molecule has 6 heteroatoms. The molecular weight excluding hydrogens is 248 g/mol. The van der Waals surface area contributed by atoms with Gasteiger partial charge < -0.3 is 5.32 Å². The Morgan fingerprint density at radius 3 is 2.89 bits per heavy atom. The summed E-state index contributed by atoms with van der Waals surface area (Å²) in [5, 5.41) is 6.95. The van der Waals surface area contributed by atoms with E-state index >= 15 is 0 Å². The van der Waals surface area contributed by atoms with Gasteiger partial charge in [-0.3, -0.25) is 4.79 Å². The normalized spacial score (nSPS) is 10.7. The van der Waals surface area contributed by atoms with Crippen molar-refractivity contribution in [3.8, 4) is 0 Å². The highest BCUT2D eigenvalue weighted by Crippen LogP contribution is 2.16. The topological polar surface area (TPSA) is 59.3 Å². The maximum absolute atomic E-state index is 12.2. The van der Waals surface area contributed by atoms with E-state index in [2.05, 4.69) is 15.4 Å². The van der Waals surface area contributed by atoms with Crippen LogP contribution in [-0.4, -0.2) is 20.5 Å². The maximum Gasteiger partial charge on any atom is 0.276 e. The minimum Gasteiger partial charge on any atom is -0.321 e. The molecule has 0 atom stereocenters. The lowest BCUT2D eigenvalue weighted by Gasteiger charge is -2.03. The van der Waals surface area contributed by atoms with E-state index in [1.165, 1.54) is 11.3 Å². The van der Waals surface area contributed by atoms with E-state index in [0.717, 1.165) is 10.6 Å². The molecule has 1 aromatic carbocycles. The predicted octanol–water partition coefficient (Wildman–Crippen LogP) is 2.35. The number of aromatic nitrogens is 3. The van der Waals surface area contributed by atoms with Crippen molar-refractivity contribution in [2.75, 3.05) is 5.32 Å². The quantitative estimate of drug-likeness (QED) is 0.767. The third kappa shape index (κ3) is 1.76. The van der Waals surface area contributed by atoms with Crippen molar-refractivity contribution in [1.29, 1.82) is 0 Å². The number of rotatable bonds is 2. The first-order valence-corrected chi connectivity index (χ1v) is 6.29. The summed E-state index contributed by atoms with van der Waals surface area (Å²) in [7, 11) is 0. The molecule has 1 N–H and O–H groups in total. The van der Waals surface area contributed by atoms with E-state index in [1.807, 2.05) is 30.3 Å². The molecule has 18 heavy (non-hydrogen) atoms. The van der Waals surface area contributed by atoms with Gasteiger partial charge in [-0.2, -0.15) is 9.61 Å². The number of benzene rings is 1. The average molecular weight is 258 g/mol. The molecule has 0 saturated carbocycles. The van der Waals surface area contributed by atoms with Gasteiger partial charge in [0, 0.05) is 5.69 Å². The van der Waals surface area contributed by atoms with Crippen LogP contribution in [0.15, 0.2) is 35.8 Å². The number of anilines is 1. The number of carbonyl (C=O) groups excluding carboxylic acids is 1. The first kappa shape index (κ1) is 10.9. The summed E-state index contributed by atoms with van der Waals surface area (Å²) in [6, 6.07) is 9.33. The van der Waals surface area contributed by atoms with Gasteiger partial charge in [0.15, 0.2) is 5.69 Å². The van der Waals surface area contributed by atoms with Crippen molar-refractivity contribution in [1.82, 2.24) is 14.6 Å². The van der Waals surface area contributed by atoms with E-state index in [4.69, 9.17) is 0 Å². The molecule has 0 saturated heterocycles. The molecule has 2 heterocycles. The zero-order chi connectivity index (χ0) is 12.5. The molecule has 0 spiro atoms. The van der Waals surface area contributed by atoms with Crippen molar-refractivity contribution in [2.45, 2.75) is 6.92 Å². The Bertz CT molecular complexity index is 701. The lowest BCUT2D eigenvalue weighted by atomic mass is 10.3. The summed E-state index contributed by atoms with van der Waals surface area (Å²) >= 11 is 1.41. The van der Waals surface area contributed by atoms with Crippen LogP contribution in [0, 0.1) is 6.92 Å². The van der Waals surface area contributed by atoms with Crippen molar-refractivity contribution in [3.05, 3.63) is 47.2 Å². The van der Waals surface area contributed by atoms with Gasteiger partial charge in [-0.05, 0) is 19.1 Å². The molecule has 90 valence electrons. The molecular formula is C12H10N4OS. The molecule has 0 aliphatic rings. The molecule has 0 radical (unpaired) electrons. The zero-order valence-corrected chi connectivity index (χ0v) is 10.4. The molecule has 0 fully saturated rings. The van der Waals surface area contributed by atoms with Crippen LogP contribution in [0.3, 0.4) is 0 Å². The van der Waals surface area contributed by atoms with Crippen LogP contribution in [0.2, 0.25) is 0 Å². The Morgan fingerprint density at radius 2 is 2.11 bits per heavy atom. The number of amides is 1. The summed E-state index contributed by atoms with van der Waals surface area (Å²) in [6.45, 7) is 1.81. The third-order valence-corrected chi connectivity index (χ3v) is 3.24. The number of hydrogen-bond donors (Lipinski definition) is 1. The molecule has 3 rings (SSSR count). The average Bonchev–Trinajstić information content (AvgIpc) is 2.89. The van der Waals surface area contributed by atoms with Gasteiger partial charge in [0.25, 0.3) is 5.91 Å². The summed E-state index contributed by atoms with van der Waals surface area (Å²) in [5.74, 6) is -0.197. The Kier molecular flexibility index (Phi) is 2.56. The number of hydrogen-bond acceptors (Lipinski definition) is 4. The number of carbonyl (C=O) groups is 1. The standard InChI is InChI=1S/C12H10N4OS/c1-8-10(16-12(14-8)18-7-13-16)11(17)15-9-5-3-2-4-6-9/h2-7H,1H3,(H,15,17). The highest BCUT2D eigenvalue weighted by atomic mass is 32.1. The van der Waals surface area contributed by atoms with Gasteiger partial charge in [0.1, 0.15) is 5.51 Å². The summed E-state index contributed by atoms with van der Waals surface area (Å²) in [6.07, 6.45) is 0. The van der Waals surface area contributed by atoms with Crippen molar-refractivity contribution < 1.29 is 4.79 Å². The number of aryl methyl sites for hydroxylation is 1. The Balaban J connectivity index is 1.97. The van der Waals surface area contributed by atoms with Gasteiger partial charge in [-0.15, -0.1) is 0 Å². The highest BCUT2D eigenvalue weighted by Gasteiger charge is 2.18. The molecule has 5 nitrogen and oxygen atoms in total. The summed E-state index contributed by atoms with van der Waals surface area (Å²) in [4.78, 5) is 17.2. The van der Waals surface area contributed by atoms with E-state index in [-0.39, 0.29) is 5.91 Å². The van der Waals surface area contributed by atoms with Crippen LogP contribution < -0.4 is 5.32 Å². The van der Waals surface area contributed by atoms with E-state index in [9.17, 15) is 4.79 Å². The molecule has 3 aromatic rings. The number of para-hydroxylation sites is 1. The fourth-order valence-electron chi connectivity index (χ4n) is 1.77. The van der Waals surface area contributed by atoms with Crippen LogP contribution in [0.25, 0.3) is 4.96 Å². The smallest absolute Gasteiger partial charge is 0.276 e. The number of imidazole rings is 1. The predicted molar refractivity (Wildman–Crippen MR) is 70.0 cm³/mol. The highest BCUT2D eigenvalue weighted by molar-refractivity contribution is 7.14. The molecule has 0 unspecified atom stereocenters. The van der Waals surface area contributed by atoms with Crippen molar-refractivity contribution in [2.24, 2.45) is 0 Å². The third-order valence-electron chi connectivity index (χ3n) is 2.57. The van der Waals surface area contributed by atoms with Gasteiger partial charge in [-0.25, -0.2) is 4.98 Å². The van der Waals surface area contributed by atoms with Crippen LogP contribution in [-0.2, 0) is 0 Å². The van der Waals surface area contributed by atoms with Crippen molar-refractivity contribution in [3.63, 3.8) is 0 Å².